The number of benzene rings is 1. The number of nitrogens with zero attached hydrogens (tertiary/aromatic N) is 2. The fourth-order valence-corrected chi connectivity index (χ4v) is 1.63. The van der Waals surface area contributed by atoms with Crippen molar-refractivity contribution < 1.29 is 14.4 Å². The maximum absolute atomic E-state index is 13.2. The van der Waals surface area contributed by atoms with Crippen LogP contribution < -0.4 is 5.46 Å². The monoisotopic (exact) mass is 234 g/mol. The number of halogens is 1. The highest BCUT2D eigenvalue weighted by Crippen LogP contribution is 2.05. The Morgan fingerprint density at radius 3 is 2.76 bits per heavy atom. The first-order valence-corrected chi connectivity index (χ1v) is 5.20. The van der Waals surface area contributed by atoms with Crippen LogP contribution in [0.1, 0.15) is 11.1 Å². The Morgan fingerprint density at radius 2 is 2.18 bits per heavy atom. The van der Waals surface area contributed by atoms with Crippen molar-refractivity contribution in [3.63, 3.8) is 0 Å². The minimum absolute atomic E-state index is 0.119. The summed E-state index contributed by atoms with van der Waals surface area (Å²) >= 11 is 0. The largest absolute Gasteiger partial charge is 0.491 e. The summed E-state index contributed by atoms with van der Waals surface area (Å²) in [7, 11) is -1.80. The highest BCUT2D eigenvalue weighted by atomic mass is 19.1. The molecule has 0 saturated carbocycles. The molecule has 0 bridgehead atoms. The van der Waals surface area contributed by atoms with Crippen LogP contribution >= 0.6 is 0 Å². The number of rotatable bonds is 3. The Labute approximate surface area is 98.5 Å². The van der Waals surface area contributed by atoms with E-state index < -0.39 is 12.9 Å². The van der Waals surface area contributed by atoms with Crippen LogP contribution in [0, 0.1) is 12.7 Å². The summed E-state index contributed by atoms with van der Waals surface area (Å²) in [5, 5.41) is 22.1. The lowest BCUT2D eigenvalue weighted by molar-refractivity contribution is 0.423. The van der Waals surface area contributed by atoms with Gasteiger partial charge in [-0.05, 0) is 24.1 Å². The summed E-state index contributed by atoms with van der Waals surface area (Å²) in [6.45, 7) is 2.39. The van der Waals surface area contributed by atoms with E-state index in [0.717, 1.165) is 11.1 Å². The molecule has 0 unspecified atom stereocenters. The number of hydrogen-bond donors (Lipinski definition) is 2. The molecule has 0 amide bonds. The first-order valence-electron chi connectivity index (χ1n) is 5.20. The van der Waals surface area contributed by atoms with E-state index in [-0.39, 0.29) is 5.46 Å². The Morgan fingerprint density at radius 1 is 1.41 bits per heavy atom. The molecule has 1 aromatic heterocycles. The number of aryl methyl sites for hydroxylation is 1. The molecule has 0 aliphatic rings. The lowest BCUT2D eigenvalue weighted by Gasteiger charge is -2.06. The summed E-state index contributed by atoms with van der Waals surface area (Å²) in [6, 6.07) is 4.25. The van der Waals surface area contributed by atoms with Gasteiger partial charge in [-0.3, -0.25) is 4.68 Å². The van der Waals surface area contributed by atoms with E-state index in [1.165, 1.54) is 12.1 Å². The first kappa shape index (κ1) is 11.8. The van der Waals surface area contributed by atoms with Crippen LogP contribution in [-0.4, -0.2) is 26.9 Å². The molecule has 0 atom stereocenters. The van der Waals surface area contributed by atoms with Crippen LogP contribution in [0.3, 0.4) is 0 Å². The van der Waals surface area contributed by atoms with E-state index in [1.807, 2.05) is 13.1 Å². The van der Waals surface area contributed by atoms with Gasteiger partial charge in [0.1, 0.15) is 5.82 Å². The average Bonchev–Trinajstić information content (AvgIpc) is 2.66. The zero-order chi connectivity index (χ0) is 12.4. The molecule has 2 N–H and O–H groups in total. The molecule has 0 radical (unpaired) electrons. The molecule has 4 nitrogen and oxygen atoms in total. The molecule has 6 heteroatoms. The SMILES string of the molecule is Cc1cnn(Cc2ccc(F)c(B(O)O)c2)c1. The molecule has 2 rings (SSSR count). The number of hydrogen-bond acceptors (Lipinski definition) is 3. The summed E-state index contributed by atoms with van der Waals surface area (Å²) in [4.78, 5) is 0. The summed E-state index contributed by atoms with van der Waals surface area (Å²) < 4.78 is 14.9. The highest BCUT2D eigenvalue weighted by Gasteiger charge is 2.16. The fourth-order valence-electron chi connectivity index (χ4n) is 1.63. The van der Waals surface area contributed by atoms with Gasteiger partial charge >= 0.3 is 7.12 Å². The van der Waals surface area contributed by atoms with Gasteiger partial charge in [0.2, 0.25) is 0 Å². The molecule has 88 valence electrons. The van der Waals surface area contributed by atoms with Gasteiger partial charge < -0.3 is 10.0 Å². The third kappa shape index (κ3) is 2.72. The van der Waals surface area contributed by atoms with Crippen LogP contribution in [0.5, 0.6) is 0 Å². The van der Waals surface area contributed by atoms with Crippen molar-refractivity contribution >= 4 is 12.6 Å². The topological polar surface area (TPSA) is 58.3 Å². The number of aromatic nitrogens is 2. The van der Waals surface area contributed by atoms with Gasteiger partial charge in [-0.15, -0.1) is 0 Å². The predicted molar refractivity (Wildman–Crippen MR) is 62.3 cm³/mol. The van der Waals surface area contributed by atoms with Crippen LogP contribution in [-0.2, 0) is 6.54 Å². The lowest BCUT2D eigenvalue weighted by atomic mass is 9.79. The molecular formula is C11H12BFN2O2. The van der Waals surface area contributed by atoms with Crippen molar-refractivity contribution in [3.8, 4) is 0 Å². The second kappa shape index (κ2) is 4.69. The quantitative estimate of drug-likeness (QED) is 0.738. The van der Waals surface area contributed by atoms with E-state index in [4.69, 9.17) is 10.0 Å². The van der Waals surface area contributed by atoms with Crippen molar-refractivity contribution in [2.45, 2.75) is 13.5 Å². The summed E-state index contributed by atoms with van der Waals surface area (Å²) in [5.41, 5.74) is 1.68. The zero-order valence-electron chi connectivity index (χ0n) is 9.34. The van der Waals surface area contributed by atoms with Gasteiger partial charge in [0.05, 0.1) is 12.7 Å². The van der Waals surface area contributed by atoms with E-state index in [2.05, 4.69) is 5.10 Å². The van der Waals surface area contributed by atoms with Crippen molar-refractivity contribution in [1.29, 1.82) is 0 Å². The van der Waals surface area contributed by atoms with E-state index in [0.29, 0.717) is 6.54 Å². The molecule has 0 aliphatic carbocycles. The van der Waals surface area contributed by atoms with E-state index in [9.17, 15) is 4.39 Å². The molecular weight excluding hydrogens is 222 g/mol. The van der Waals surface area contributed by atoms with Gasteiger partial charge in [-0.25, -0.2) is 4.39 Å². The van der Waals surface area contributed by atoms with Gasteiger partial charge in [-0.1, -0.05) is 12.1 Å². The first-order chi connectivity index (χ1) is 8.06. The van der Waals surface area contributed by atoms with Crippen molar-refractivity contribution in [3.05, 3.63) is 47.5 Å². The van der Waals surface area contributed by atoms with Gasteiger partial charge in [0.25, 0.3) is 0 Å². The van der Waals surface area contributed by atoms with Crippen molar-refractivity contribution in [2.75, 3.05) is 0 Å². The normalized spacial score (nSPS) is 10.6. The third-order valence-electron chi connectivity index (χ3n) is 2.45. The molecule has 1 heterocycles. The maximum Gasteiger partial charge on any atom is 0.491 e. The van der Waals surface area contributed by atoms with Crippen LogP contribution in [0.15, 0.2) is 30.6 Å². The predicted octanol–water partition coefficient (Wildman–Crippen LogP) is 0.0587. The van der Waals surface area contributed by atoms with Crippen LogP contribution in [0.4, 0.5) is 4.39 Å². The minimum Gasteiger partial charge on any atom is -0.423 e. The molecule has 0 aliphatic heterocycles. The fraction of sp³-hybridized carbons (Fsp3) is 0.182. The smallest absolute Gasteiger partial charge is 0.423 e. The molecule has 0 fully saturated rings. The zero-order valence-corrected chi connectivity index (χ0v) is 9.34. The van der Waals surface area contributed by atoms with Gasteiger partial charge in [-0.2, -0.15) is 5.10 Å². The standard InChI is InChI=1S/C11H12BFN2O2/c1-8-5-14-15(6-8)7-9-2-3-11(13)10(4-9)12(16)17/h2-6,16-17H,7H2,1H3. The van der Waals surface area contributed by atoms with Crippen LogP contribution in [0.2, 0.25) is 0 Å². The van der Waals surface area contributed by atoms with Crippen LogP contribution in [0.25, 0.3) is 0 Å². The maximum atomic E-state index is 13.2. The van der Waals surface area contributed by atoms with Crippen molar-refractivity contribution in [1.82, 2.24) is 9.78 Å². The molecule has 1 aromatic carbocycles. The Hall–Kier alpha value is -1.66. The highest BCUT2D eigenvalue weighted by molar-refractivity contribution is 6.58. The summed E-state index contributed by atoms with van der Waals surface area (Å²) in [5.74, 6) is -0.625. The molecule has 2 aromatic rings. The van der Waals surface area contributed by atoms with E-state index in [1.54, 1.807) is 16.9 Å². The Kier molecular flexibility index (Phi) is 3.26. The Balaban J connectivity index is 2.25. The minimum atomic E-state index is -1.80. The molecule has 17 heavy (non-hydrogen) atoms. The lowest BCUT2D eigenvalue weighted by Crippen LogP contribution is -2.33. The van der Waals surface area contributed by atoms with Gasteiger partial charge in [0, 0.05) is 11.7 Å². The summed E-state index contributed by atoms with van der Waals surface area (Å²) in [6.07, 6.45) is 3.59. The van der Waals surface area contributed by atoms with E-state index >= 15 is 0 Å². The second-order valence-corrected chi connectivity index (χ2v) is 3.94. The average molecular weight is 234 g/mol. The molecule has 0 spiro atoms. The van der Waals surface area contributed by atoms with Crippen molar-refractivity contribution in [2.24, 2.45) is 0 Å². The Bertz CT molecular complexity index is 528. The second-order valence-electron chi connectivity index (χ2n) is 3.94. The third-order valence-corrected chi connectivity index (χ3v) is 2.45. The van der Waals surface area contributed by atoms with Gasteiger partial charge in [0.15, 0.2) is 0 Å². The molecule has 0 saturated heterocycles.